The molecule has 4 heteroatoms. The van der Waals surface area contributed by atoms with Crippen molar-refractivity contribution in [3.8, 4) is 11.1 Å². The van der Waals surface area contributed by atoms with E-state index in [-0.39, 0.29) is 18.1 Å². The zero-order valence-corrected chi connectivity index (χ0v) is 15.0. The third-order valence-electron chi connectivity index (χ3n) is 5.82. The van der Waals surface area contributed by atoms with Gasteiger partial charge >= 0.3 is 6.09 Å². The predicted octanol–water partition coefficient (Wildman–Crippen LogP) is 4.07. The summed E-state index contributed by atoms with van der Waals surface area (Å²) in [5.41, 5.74) is 4.87. The molecule has 0 bridgehead atoms. The highest BCUT2D eigenvalue weighted by atomic mass is 16.5. The number of ether oxygens (including phenoxy) is 1. The molecule has 0 spiro atoms. The second-order valence-electron chi connectivity index (χ2n) is 7.52. The van der Waals surface area contributed by atoms with Gasteiger partial charge in [0, 0.05) is 12.0 Å². The minimum absolute atomic E-state index is 0.00292. The van der Waals surface area contributed by atoms with Crippen molar-refractivity contribution in [3.05, 3.63) is 59.7 Å². The third kappa shape index (κ3) is 3.21. The van der Waals surface area contributed by atoms with Crippen molar-refractivity contribution >= 4 is 6.09 Å². The monoisotopic (exact) mass is 351 g/mol. The minimum Gasteiger partial charge on any atom is -0.449 e. The van der Waals surface area contributed by atoms with Crippen LogP contribution >= 0.6 is 0 Å². The number of alkyl carbamates (subject to hydrolysis) is 1. The number of benzene rings is 2. The standard InChI is InChI=1S/C22H25NO3/c1-14-10-11-15(12-21(14)24)23-22(25)26-13-20-18-8-4-2-6-16(18)17-7-3-5-9-19(17)20/h2-9,14-15,20-21,24H,10-13H2,1H3,(H,23,25)/t14-,15-,21-/m1/s1. The van der Waals surface area contributed by atoms with Gasteiger partial charge in [-0.1, -0.05) is 55.5 Å². The molecule has 2 aromatic carbocycles. The molecule has 0 saturated heterocycles. The van der Waals surface area contributed by atoms with Gasteiger partial charge in [-0.15, -0.1) is 0 Å². The second kappa shape index (κ2) is 7.12. The van der Waals surface area contributed by atoms with Crippen LogP contribution in [0.2, 0.25) is 0 Å². The lowest BCUT2D eigenvalue weighted by molar-refractivity contribution is 0.0606. The van der Waals surface area contributed by atoms with Crippen molar-refractivity contribution in [3.63, 3.8) is 0 Å². The molecule has 2 N–H and O–H groups in total. The van der Waals surface area contributed by atoms with E-state index in [2.05, 4.69) is 29.6 Å². The van der Waals surface area contributed by atoms with Gasteiger partial charge in [0.1, 0.15) is 6.61 Å². The van der Waals surface area contributed by atoms with Gasteiger partial charge in [0.15, 0.2) is 0 Å². The van der Waals surface area contributed by atoms with E-state index in [0.717, 1.165) is 12.8 Å². The molecule has 2 aliphatic carbocycles. The first-order valence-electron chi connectivity index (χ1n) is 9.43. The molecule has 2 aromatic rings. The van der Waals surface area contributed by atoms with E-state index in [4.69, 9.17) is 4.74 Å². The van der Waals surface area contributed by atoms with E-state index in [0.29, 0.717) is 18.9 Å². The molecule has 1 fully saturated rings. The quantitative estimate of drug-likeness (QED) is 0.876. The maximum atomic E-state index is 12.3. The summed E-state index contributed by atoms with van der Waals surface area (Å²) < 4.78 is 5.57. The summed E-state index contributed by atoms with van der Waals surface area (Å²) in [6.45, 7) is 2.37. The van der Waals surface area contributed by atoms with Gasteiger partial charge in [-0.25, -0.2) is 4.79 Å². The Labute approximate surface area is 154 Å². The first-order valence-corrected chi connectivity index (χ1v) is 9.43. The van der Waals surface area contributed by atoms with Gasteiger partial charge in [0.05, 0.1) is 6.10 Å². The van der Waals surface area contributed by atoms with Crippen molar-refractivity contribution in [1.29, 1.82) is 0 Å². The van der Waals surface area contributed by atoms with Crippen molar-refractivity contribution < 1.29 is 14.6 Å². The molecule has 0 aromatic heterocycles. The molecule has 0 unspecified atom stereocenters. The van der Waals surface area contributed by atoms with Gasteiger partial charge in [-0.3, -0.25) is 0 Å². The average Bonchev–Trinajstić information content (AvgIpc) is 2.97. The van der Waals surface area contributed by atoms with Crippen LogP contribution in [0.25, 0.3) is 11.1 Å². The number of hydrogen-bond acceptors (Lipinski definition) is 3. The van der Waals surface area contributed by atoms with Crippen LogP contribution in [0.1, 0.15) is 43.2 Å². The molecule has 0 heterocycles. The molecular weight excluding hydrogens is 326 g/mol. The average molecular weight is 351 g/mol. The number of aliphatic hydroxyl groups excluding tert-OH is 1. The number of hydrogen-bond donors (Lipinski definition) is 2. The van der Waals surface area contributed by atoms with Crippen LogP contribution in [0.3, 0.4) is 0 Å². The largest absolute Gasteiger partial charge is 0.449 e. The SMILES string of the molecule is C[C@@H]1CC[C@@H](NC(=O)OCC2c3ccccc3-c3ccccc32)C[C@H]1O. The number of rotatable bonds is 3. The van der Waals surface area contributed by atoms with Crippen LogP contribution in [0.15, 0.2) is 48.5 Å². The highest BCUT2D eigenvalue weighted by molar-refractivity contribution is 5.79. The molecule has 2 aliphatic rings. The first kappa shape index (κ1) is 17.1. The van der Waals surface area contributed by atoms with Gasteiger partial charge < -0.3 is 15.2 Å². The van der Waals surface area contributed by atoms with E-state index in [1.807, 2.05) is 31.2 Å². The minimum atomic E-state index is -0.390. The summed E-state index contributed by atoms with van der Waals surface area (Å²) in [5.74, 6) is 0.376. The Bertz CT molecular complexity index is 758. The number of fused-ring (bicyclic) bond motifs is 3. The van der Waals surface area contributed by atoms with E-state index >= 15 is 0 Å². The third-order valence-corrected chi connectivity index (χ3v) is 5.82. The molecule has 4 nitrogen and oxygen atoms in total. The zero-order chi connectivity index (χ0) is 18.1. The maximum absolute atomic E-state index is 12.3. The highest BCUT2D eigenvalue weighted by Gasteiger charge is 2.30. The van der Waals surface area contributed by atoms with Gasteiger partial charge in [0.25, 0.3) is 0 Å². The number of carbonyl (C=O) groups is 1. The van der Waals surface area contributed by atoms with Gasteiger partial charge in [-0.05, 0) is 47.4 Å². The predicted molar refractivity (Wildman–Crippen MR) is 101 cm³/mol. The summed E-state index contributed by atoms with van der Waals surface area (Å²) >= 11 is 0. The van der Waals surface area contributed by atoms with E-state index < -0.39 is 6.09 Å². The number of amides is 1. The van der Waals surface area contributed by atoms with Crippen molar-refractivity contribution in [2.75, 3.05) is 6.61 Å². The Kier molecular flexibility index (Phi) is 4.68. The van der Waals surface area contributed by atoms with Crippen LogP contribution in [-0.4, -0.2) is 30.0 Å². The smallest absolute Gasteiger partial charge is 0.407 e. The summed E-state index contributed by atoms with van der Waals surface area (Å²) in [4.78, 5) is 12.3. The summed E-state index contributed by atoms with van der Waals surface area (Å²) in [6.07, 6.45) is 1.68. The number of nitrogens with one attached hydrogen (secondary N) is 1. The molecular formula is C22H25NO3. The van der Waals surface area contributed by atoms with Crippen molar-refractivity contribution in [1.82, 2.24) is 5.32 Å². The second-order valence-corrected chi connectivity index (χ2v) is 7.52. The lowest BCUT2D eigenvalue weighted by Gasteiger charge is -2.31. The fourth-order valence-electron chi connectivity index (χ4n) is 4.24. The van der Waals surface area contributed by atoms with Crippen molar-refractivity contribution in [2.24, 2.45) is 5.92 Å². The number of carbonyl (C=O) groups excluding carboxylic acids is 1. The van der Waals surface area contributed by atoms with Crippen LogP contribution in [0, 0.1) is 5.92 Å². The molecule has 1 amide bonds. The highest BCUT2D eigenvalue weighted by Crippen LogP contribution is 2.44. The zero-order valence-electron chi connectivity index (χ0n) is 15.0. The molecule has 136 valence electrons. The lowest BCUT2D eigenvalue weighted by Crippen LogP contribution is -2.42. The van der Waals surface area contributed by atoms with Crippen LogP contribution < -0.4 is 5.32 Å². The van der Waals surface area contributed by atoms with E-state index in [1.54, 1.807) is 0 Å². The Hall–Kier alpha value is -2.33. The molecule has 4 rings (SSSR count). The molecule has 0 aliphatic heterocycles. The van der Waals surface area contributed by atoms with Gasteiger partial charge in [0.2, 0.25) is 0 Å². The molecule has 3 atom stereocenters. The molecule has 1 saturated carbocycles. The number of aliphatic hydroxyl groups is 1. The Morgan fingerprint density at radius 2 is 1.69 bits per heavy atom. The topological polar surface area (TPSA) is 58.6 Å². The van der Waals surface area contributed by atoms with Gasteiger partial charge in [-0.2, -0.15) is 0 Å². The van der Waals surface area contributed by atoms with Crippen molar-refractivity contribution in [2.45, 2.75) is 44.2 Å². The first-order chi connectivity index (χ1) is 12.6. The van der Waals surface area contributed by atoms with Crippen LogP contribution in [0.5, 0.6) is 0 Å². The fourth-order valence-corrected chi connectivity index (χ4v) is 4.24. The molecule has 0 radical (unpaired) electrons. The van der Waals surface area contributed by atoms with E-state index in [1.165, 1.54) is 22.3 Å². The summed E-state index contributed by atoms with van der Waals surface area (Å²) in [6, 6.07) is 16.6. The summed E-state index contributed by atoms with van der Waals surface area (Å²) in [5, 5.41) is 12.9. The maximum Gasteiger partial charge on any atom is 0.407 e. The lowest BCUT2D eigenvalue weighted by atomic mass is 9.85. The fraction of sp³-hybridized carbons (Fsp3) is 0.409. The Morgan fingerprint density at radius 3 is 2.31 bits per heavy atom. The molecule has 26 heavy (non-hydrogen) atoms. The van der Waals surface area contributed by atoms with Crippen LogP contribution in [0.4, 0.5) is 4.79 Å². The summed E-state index contributed by atoms with van der Waals surface area (Å²) in [7, 11) is 0. The Balaban J connectivity index is 1.41. The Morgan fingerprint density at radius 1 is 1.08 bits per heavy atom. The normalized spacial score (nSPS) is 24.6. The van der Waals surface area contributed by atoms with E-state index in [9.17, 15) is 9.90 Å². The van der Waals surface area contributed by atoms with Crippen LogP contribution in [-0.2, 0) is 4.74 Å².